The lowest BCUT2D eigenvalue weighted by molar-refractivity contribution is -0.136. The van der Waals surface area contributed by atoms with Crippen LogP contribution in [0.3, 0.4) is 0 Å². The number of hydrogen-bond acceptors (Lipinski definition) is 3. The van der Waals surface area contributed by atoms with Gasteiger partial charge in [0.25, 0.3) is 0 Å². The van der Waals surface area contributed by atoms with Crippen molar-refractivity contribution >= 4 is 29.1 Å². The Balaban J connectivity index is 1.88. The summed E-state index contributed by atoms with van der Waals surface area (Å²) in [5.74, 6) is -1.55. The molecule has 0 aromatic heterocycles. The molecular formula is C17H23ClN2O3. The molecule has 0 atom stereocenters. The molecule has 0 bridgehead atoms. The molecule has 0 aliphatic heterocycles. The molecule has 2 amide bonds. The zero-order valence-corrected chi connectivity index (χ0v) is 14.1. The first-order chi connectivity index (χ1) is 10.9. The monoisotopic (exact) mass is 338 g/mol. The van der Waals surface area contributed by atoms with E-state index in [1.54, 1.807) is 18.2 Å². The highest BCUT2D eigenvalue weighted by Crippen LogP contribution is 2.26. The highest BCUT2D eigenvalue weighted by Gasteiger charge is 2.29. The maximum absolute atomic E-state index is 11.9. The van der Waals surface area contributed by atoms with Crippen molar-refractivity contribution in [2.75, 3.05) is 11.9 Å². The summed E-state index contributed by atoms with van der Waals surface area (Å²) in [6.07, 6.45) is 5.39. The molecule has 5 nitrogen and oxygen atoms in total. The van der Waals surface area contributed by atoms with Gasteiger partial charge in [0.1, 0.15) is 0 Å². The van der Waals surface area contributed by atoms with Crippen molar-refractivity contribution in [1.29, 1.82) is 0 Å². The second-order valence-electron chi connectivity index (χ2n) is 6.26. The van der Waals surface area contributed by atoms with E-state index in [0.29, 0.717) is 23.6 Å². The third kappa shape index (κ3) is 5.22. The number of aryl methyl sites for hydroxylation is 1. The molecule has 0 unspecified atom stereocenters. The molecule has 0 radical (unpaired) electrons. The van der Waals surface area contributed by atoms with Gasteiger partial charge in [-0.05, 0) is 37.5 Å². The molecular weight excluding hydrogens is 316 g/mol. The van der Waals surface area contributed by atoms with Crippen molar-refractivity contribution in [3.8, 4) is 0 Å². The fourth-order valence-corrected chi connectivity index (χ4v) is 3.07. The Morgan fingerprint density at radius 2 is 1.83 bits per heavy atom. The molecule has 1 aromatic rings. The Labute approximate surface area is 141 Å². The van der Waals surface area contributed by atoms with Gasteiger partial charge in [0.05, 0.1) is 16.3 Å². The van der Waals surface area contributed by atoms with Gasteiger partial charge in [0, 0.05) is 6.54 Å². The molecule has 126 valence electrons. The van der Waals surface area contributed by atoms with Crippen LogP contribution < -0.4 is 10.6 Å². The van der Waals surface area contributed by atoms with E-state index in [9.17, 15) is 14.7 Å². The zero-order chi connectivity index (χ0) is 16.9. The lowest BCUT2D eigenvalue weighted by Crippen LogP contribution is -2.46. The number of anilines is 1. The number of benzene rings is 1. The molecule has 1 aromatic carbocycles. The van der Waals surface area contributed by atoms with E-state index in [0.717, 1.165) is 31.2 Å². The van der Waals surface area contributed by atoms with E-state index in [2.05, 4.69) is 10.6 Å². The number of carbonyl (C=O) groups excluding carboxylic acids is 2. The number of rotatable bonds is 3. The summed E-state index contributed by atoms with van der Waals surface area (Å²) in [5, 5.41) is 15.9. The summed E-state index contributed by atoms with van der Waals surface area (Å²) in [5.41, 5.74) is 0.451. The second-order valence-corrected chi connectivity index (χ2v) is 6.67. The average Bonchev–Trinajstić information content (AvgIpc) is 2.73. The van der Waals surface area contributed by atoms with Crippen LogP contribution in [0.2, 0.25) is 5.02 Å². The predicted octanol–water partition coefficient (Wildman–Crippen LogP) is 2.79. The van der Waals surface area contributed by atoms with Gasteiger partial charge < -0.3 is 15.7 Å². The van der Waals surface area contributed by atoms with E-state index in [-0.39, 0.29) is 6.54 Å². The molecule has 0 saturated heterocycles. The van der Waals surface area contributed by atoms with Gasteiger partial charge in [-0.1, -0.05) is 43.4 Å². The van der Waals surface area contributed by atoms with Crippen LogP contribution in [0.15, 0.2) is 18.2 Å². The summed E-state index contributed by atoms with van der Waals surface area (Å²) in [6, 6.07) is 5.17. The maximum atomic E-state index is 11.9. The van der Waals surface area contributed by atoms with Gasteiger partial charge >= 0.3 is 11.8 Å². The van der Waals surface area contributed by atoms with Crippen molar-refractivity contribution in [3.05, 3.63) is 28.8 Å². The first-order valence-corrected chi connectivity index (χ1v) is 8.35. The fraction of sp³-hybridized carbons (Fsp3) is 0.529. The SMILES string of the molecule is Cc1ccc(NC(=O)C(=O)NCC2(O)CCCCCC2)c(Cl)c1. The average molecular weight is 339 g/mol. The Morgan fingerprint density at radius 3 is 2.43 bits per heavy atom. The molecule has 1 aliphatic rings. The molecule has 1 saturated carbocycles. The van der Waals surface area contributed by atoms with Crippen LogP contribution in [-0.4, -0.2) is 29.1 Å². The summed E-state index contributed by atoms with van der Waals surface area (Å²) >= 11 is 6.03. The van der Waals surface area contributed by atoms with Gasteiger partial charge in [-0.15, -0.1) is 0 Å². The number of nitrogens with one attached hydrogen (secondary N) is 2. The van der Waals surface area contributed by atoms with Crippen LogP contribution in [0.25, 0.3) is 0 Å². The smallest absolute Gasteiger partial charge is 0.313 e. The second kappa shape index (κ2) is 7.79. The summed E-state index contributed by atoms with van der Waals surface area (Å²) in [6.45, 7) is 1.98. The molecule has 1 fully saturated rings. The zero-order valence-electron chi connectivity index (χ0n) is 13.3. The molecule has 2 rings (SSSR count). The third-order valence-electron chi connectivity index (χ3n) is 4.19. The first kappa shape index (κ1) is 17.8. The van der Waals surface area contributed by atoms with Crippen molar-refractivity contribution in [2.45, 2.75) is 51.0 Å². The van der Waals surface area contributed by atoms with Crippen molar-refractivity contribution in [3.63, 3.8) is 0 Å². The van der Waals surface area contributed by atoms with E-state index in [1.165, 1.54) is 0 Å². The van der Waals surface area contributed by atoms with Gasteiger partial charge in [-0.2, -0.15) is 0 Å². The highest BCUT2D eigenvalue weighted by molar-refractivity contribution is 6.41. The normalized spacial score (nSPS) is 17.2. The largest absolute Gasteiger partial charge is 0.388 e. The van der Waals surface area contributed by atoms with Gasteiger partial charge in [-0.3, -0.25) is 9.59 Å². The van der Waals surface area contributed by atoms with Gasteiger partial charge in [0.15, 0.2) is 0 Å². The van der Waals surface area contributed by atoms with Crippen molar-refractivity contribution in [2.24, 2.45) is 0 Å². The van der Waals surface area contributed by atoms with Crippen LogP contribution in [-0.2, 0) is 9.59 Å². The lowest BCUT2D eigenvalue weighted by Gasteiger charge is -2.26. The van der Waals surface area contributed by atoms with Crippen LogP contribution in [0.1, 0.15) is 44.1 Å². The van der Waals surface area contributed by atoms with E-state index in [1.807, 2.05) is 6.92 Å². The number of carbonyl (C=O) groups is 2. The topological polar surface area (TPSA) is 78.4 Å². The number of amides is 2. The van der Waals surface area contributed by atoms with E-state index < -0.39 is 17.4 Å². The summed E-state index contributed by atoms with van der Waals surface area (Å²) < 4.78 is 0. The van der Waals surface area contributed by atoms with Gasteiger partial charge in [-0.25, -0.2) is 0 Å². The Hall–Kier alpha value is -1.59. The van der Waals surface area contributed by atoms with Gasteiger partial charge in [0.2, 0.25) is 0 Å². The summed E-state index contributed by atoms with van der Waals surface area (Å²) in [4.78, 5) is 23.9. The minimum Gasteiger partial charge on any atom is -0.388 e. The predicted molar refractivity (Wildman–Crippen MR) is 90.5 cm³/mol. The van der Waals surface area contributed by atoms with Crippen LogP contribution in [0, 0.1) is 6.92 Å². The number of aliphatic hydroxyl groups is 1. The fourth-order valence-electron chi connectivity index (χ4n) is 2.79. The number of hydrogen-bond donors (Lipinski definition) is 3. The summed E-state index contributed by atoms with van der Waals surface area (Å²) in [7, 11) is 0. The number of halogens is 1. The Morgan fingerprint density at radius 1 is 1.17 bits per heavy atom. The van der Waals surface area contributed by atoms with Crippen LogP contribution in [0.5, 0.6) is 0 Å². The molecule has 0 spiro atoms. The van der Waals surface area contributed by atoms with Crippen LogP contribution >= 0.6 is 11.6 Å². The minimum atomic E-state index is -0.909. The van der Waals surface area contributed by atoms with Crippen molar-refractivity contribution < 1.29 is 14.7 Å². The molecule has 3 N–H and O–H groups in total. The highest BCUT2D eigenvalue weighted by atomic mass is 35.5. The third-order valence-corrected chi connectivity index (χ3v) is 4.50. The molecule has 23 heavy (non-hydrogen) atoms. The molecule has 6 heteroatoms. The quantitative estimate of drug-likeness (QED) is 0.585. The van der Waals surface area contributed by atoms with Crippen molar-refractivity contribution in [1.82, 2.24) is 5.32 Å². The van der Waals surface area contributed by atoms with Crippen LogP contribution in [0.4, 0.5) is 5.69 Å². The van der Waals surface area contributed by atoms with E-state index >= 15 is 0 Å². The standard InChI is InChI=1S/C17H23ClN2O3/c1-12-6-7-14(13(18)10-12)20-16(22)15(21)19-11-17(23)8-4-2-3-5-9-17/h6-7,10,23H,2-5,8-9,11H2,1H3,(H,19,21)(H,20,22). The first-order valence-electron chi connectivity index (χ1n) is 7.97. The molecule has 1 aliphatic carbocycles. The Kier molecular flexibility index (Phi) is 6.02. The minimum absolute atomic E-state index is 0.0981. The van der Waals surface area contributed by atoms with E-state index in [4.69, 9.17) is 11.6 Å². The Bertz CT molecular complexity index is 581. The molecule has 0 heterocycles. The maximum Gasteiger partial charge on any atom is 0.313 e. The lowest BCUT2D eigenvalue weighted by atomic mass is 9.94.